The first-order chi connectivity index (χ1) is 10.2. The van der Waals surface area contributed by atoms with Crippen LogP contribution in [0.2, 0.25) is 0 Å². The third-order valence-corrected chi connectivity index (χ3v) is 3.78. The maximum Gasteiger partial charge on any atom is 0.269 e. The zero-order valence-electron chi connectivity index (χ0n) is 11.4. The third-order valence-electron chi connectivity index (χ3n) is 3.05. The van der Waals surface area contributed by atoms with E-state index in [2.05, 4.69) is 14.9 Å². The van der Waals surface area contributed by atoms with Crippen LogP contribution in [-0.2, 0) is 0 Å². The molecule has 1 aromatic heterocycles. The number of benzene rings is 2. The van der Waals surface area contributed by atoms with Crippen molar-refractivity contribution in [2.24, 2.45) is 0 Å². The van der Waals surface area contributed by atoms with Gasteiger partial charge in [0.1, 0.15) is 10.6 Å². The molecule has 0 aliphatic carbocycles. The van der Waals surface area contributed by atoms with E-state index >= 15 is 0 Å². The summed E-state index contributed by atoms with van der Waals surface area (Å²) in [5.41, 5.74) is 3.42. The van der Waals surface area contributed by atoms with E-state index < -0.39 is 0 Å². The minimum absolute atomic E-state index is 0.187. The van der Waals surface area contributed by atoms with Crippen LogP contribution < -0.4 is 5.32 Å². The molecular formula is C16H13N3OS. The molecule has 104 valence electrons. The average Bonchev–Trinajstić information content (AvgIpc) is 3.00. The lowest BCUT2D eigenvalue weighted by Crippen LogP contribution is -2.11. The summed E-state index contributed by atoms with van der Waals surface area (Å²) < 4.78 is 3.91. The zero-order valence-corrected chi connectivity index (χ0v) is 12.2. The number of anilines is 1. The predicted octanol–water partition coefficient (Wildman–Crippen LogP) is 3.77. The molecule has 21 heavy (non-hydrogen) atoms. The second kappa shape index (κ2) is 5.85. The summed E-state index contributed by atoms with van der Waals surface area (Å²) in [5, 5.41) is 6.94. The molecule has 5 heteroatoms. The molecule has 1 N–H and O–H groups in total. The second-order valence-corrected chi connectivity index (χ2v) is 5.39. The summed E-state index contributed by atoms with van der Waals surface area (Å²) in [6.07, 6.45) is 0. The number of nitrogens with one attached hydrogen (secondary N) is 1. The van der Waals surface area contributed by atoms with Gasteiger partial charge < -0.3 is 5.32 Å². The lowest BCUT2D eigenvalue weighted by atomic mass is 10.1. The maximum atomic E-state index is 12.4. The highest BCUT2D eigenvalue weighted by atomic mass is 32.1. The van der Waals surface area contributed by atoms with Gasteiger partial charge in [-0.05, 0) is 30.6 Å². The standard InChI is InChI=1S/C16H13N3OS/c1-11-7-9-13(10-8-11)17-16(20)15-14(18-19-21-15)12-5-3-2-4-6-12/h2-10H,1H3,(H,17,20). The Labute approximate surface area is 126 Å². The Hall–Kier alpha value is -2.53. The van der Waals surface area contributed by atoms with Gasteiger partial charge in [0.2, 0.25) is 0 Å². The first-order valence-corrected chi connectivity index (χ1v) is 7.27. The molecule has 0 fully saturated rings. The van der Waals surface area contributed by atoms with Crippen molar-refractivity contribution in [2.75, 3.05) is 5.32 Å². The highest BCUT2D eigenvalue weighted by molar-refractivity contribution is 7.08. The molecule has 1 heterocycles. The molecule has 0 saturated heterocycles. The Morgan fingerprint density at radius 2 is 1.76 bits per heavy atom. The van der Waals surface area contributed by atoms with Gasteiger partial charge in [0.25, 0.3) is 5.91 Å². The Morgan fingerprint density at radius 3 is 2.48 bits per heavy atom. The molecule has 0 aliphatic rings. The summed E-state index contributed by atoms with van der Waals surface area (Å²) in [6.45, 7) is 2.01. The number of hydrogen-bond acceptors (Lipinski definition) is 4. The largest absolute Gasteiger partial charge is 0.321 e. The Morgan fingerprint density at radius 1 is 1.05 bits per heavy atom. The number of carbonyl (C=O) groups excluding carboxylic acids is 1. The molecule has 0 bridgehead atoms. The number of amides is 1. The molecule has 0 saturated carbocycles. The van der Waals surface area contributed by atoms with Gasteiger partial charge >= 0.3 is 0 Å². The van der Waals surface area contributed by atoms with Crippen molar-refractivity contribution in [3.63, 3.8) is 0 Å². The first-order valence-electron chi connectivity index (χ1n) is 6.50. The van der Waals surface area contributed by atoms with Crippen molar-refractivity contribution in [3.8, 4) is 11.3 Å². The minimum atomic E-state index is -0.187. The van der Waals surface area contributed by atoms with Crippen LogP contribution in [0.4, 0.5) is 5.69 Å². The topological polar surface area (TPSA) is 54.9 Å². The molecule has 0 atom stereocenters. The third kappa shape index (κ3) is 2.98. The van der Waals surface area contributed by atoms with Crippen LogP contribution >= 0.6 is 11.5 Å². The van der Waals surface area contributed by atoms with Gasteiger partial charge in [0.05, 0.1) is 0 Å². The monoisotopic (exact) mass is 295 g/mol. The van der Waals surface area contributed by atoms with Gasteiger partial charge in [-0.1, -0.05) is 52.5 Å². The van der Waals surface area contributed by atoms with Crippen LogP contribution in [0, 0.1) is 6.92 Å². The lowest BCUT2D eigenvalue weighted by Gasteiger charge is -2.05. The Balaban J connectivity index is 1.86. The van der Waals surface area contributed by atoms with Crippen LogP contribution in [0.25, 0.3) is 11.3 Å². The van der Waals surface area contributed by atoms with E-state index in [0.717, 1.165) is 28.3 Å². The molecule has 0 radical (unpaired) electrons. The SMILES string of the molecule is Cc1ccc(NC(=O)c2snnc2-c2ccccc2)cc1. The van der Waals surface area contributed by atoms with Crippen LogP contribution in [0.5, 0.6) is 0 Å². The van der Waals surface area contributed by atoms with Crippen molar-refractivity contribution >= 4 is 23.1 Å². The molecule has 0 spiro atoms. The highest BCUT2D eigenvalue weighted by Gasteiger charge is 2.17. The second-order valence-electron chi connectivity index (χ2n) is 4.64. The fourth-order valence-electron chi connectivity index (χ4n) is 1.95. The summed E-state index contributed by atoms with van der Waals surface area (Å²) in [5.74, 6) is -0.187. The van der Waals surface area contributed by atoms with Crippen LogP contribution in [-0.4, -0.2) is 15.5 Å². The van der Waals surface area contributed by atoms with Crippen LogP contribution in [0.3, 0.4) is 0 Å². The number of nitrogens with zero attached hydrogens (tertiary/aromatic N) is 2. The average molecular weight is 295 g/mol. The highest BCUT2D eigenvalue weighted by Crippen LogP contribution is 2.24. The number of aromatic nitrogens is 2. The molecular weight excluding hydrogens is 282 g/mol. The predicted molar refractivity (Wildman–Crippen MR) is 84.5 cm³/mol. The van der Waals surface area contributed by atoms with E-state index in [4.69, 9.17) is 0 Å². The van der Waals surface area contributed by atoms with Crippen molar-refractivity contribution in [1.29, 1.82) is 0 Å². The maximum absolute atomic E-state index is 12.4. The summed E-state index contributed by atoms with van der Waals surface area (Å²) in [7, 11) is 0. The van der Waals surface area contributed by atoms with E-state index in [-0.39, 0.29) is 5.91 Å². The number of hydrogen-bond donors (Lipinski definition) is 1. The Kier molecular flexibility index (Phi) is 3.75. The van der Waals surface area contributed by atoms with Gasteiger partial charge in [-0.15, -0.1) is 5.10 Å². The lowest BCUT2D eigenvalue weighted by molar-refractivity contribution is 0.103. The first kappa shape index (κ1) is 13.5. The molecule has 4 nitrogen and oxygen atoms in total. The number of carbonyl (C=O) groups is 1. The molecule has 0 unspecified atom stereocenters. The van der Waals surface area contributed by atoms with Crippen LogP contribution in [0.1, 0.15) is 15.2 Å². The minimum Gasteiger partial charge on any atom is -0.321 e. The van der Waals surface area contributed by atoms with Gasteiger partial charge in [-0.3, -0.25) is 4.79 Å². The molecule has 3 aromatic rings. The van der Waals surface area contributed by atoms with Crippen molar-refractivity contribution in [3.05, 3.63) is 65.0 Å². The van der Waals surface area contributed by atoms with E-state index in [1.807, 2.05) is 61.5 Å². The van der Waals surface area contributed by atoms with Crippen molar-refractivity contribution in [2.45, 2.75) is 6.92 Å². The molecule has 2 aromatic carbocycles. The number of rotatable bonds is 3. The number of aryl methyl sites for hydroxylation is 1. The van der Waals surface area contributed by atoms with Gasteiger partial charge in [0, 0.05) is 11.3 Å². The normalized spacial score (nSPS) is 10.3. The van der Waals surface area contributed by atoms with Gasteiger partial charge in [-0.2, -0.15) is 0 Å². The van der Waals surface area contributed by atoms with Crippen LogP contribution in [0.15, 0.2) is 54.6 Å². The quantitative estimate of drug-likeness (QED) is 0.800. The smallest absolute Gasteiger partial charge is 0.269 e. The van der Waals surface area contributed by atoms with E-state index in [1.165, 1.54) is 0 Å². The molecule has 1 amide bonds. The summed E-state index contributed by atoms with van der Waals surface area (Å²) in [6, 6.07) is 17.3. The summed E-state index contributed by atoms with van der Waals surface area (Å²) >= 11 is 1.10. The fourth-order valence-corrected chi connectivity index (χ4v) is 2.53. The zero-order chi connectivity index (χ0) is 14.7. The van der Waals surface area contributed by atoms with E-state index in [0.29, 0.717) is 10.6 Å². The van der Waals surface area contributed by atoms with E-state index in [9.17, 15) is 4.79 Å². The van der Waals surface area contributed by atoms with Gasteiger partial charge in [-0.25, -0.2) is 0 Å². The van der Waals surface area contributed by atoms with Crippen molar-refractivity contribution < 1.29 is 4.79 Å². The molecule has 3 rings (SSSR count). The van der Waals surface area contributed by atoms with Gasteiger partial charge in [0.15, 0.2) is 0 Å². The van der Waals surface area contributed by atoms with Crippen molar-refractivity contribution in [1.82, 2.24) is 9.59 Å². The van der Waals surface area contributed by atoms with E-state index in [1.54, 1.807) is 0 Å². The Bertz CT molecular complexity index is 751. The molecule has 0 aliphatic heterocycles. The fraction of sp³-hybridized carbons (Fsp3) is 0.0625. The summed E-state index contributed by atoms with van der Waals surface area (Å²) in [4.78, 5) is 12.9.